The minimum absolute atomic E-state index is 0.0132. The smallest absolute Gasteiger partial charge is 0.245 e. The van der Waals surface area contributed by atoms with Gasteiger partial charge in [-0.25, -0.2) is 0 Å². The van der Waals surface area contributed by atoms with Gasteiger partial charge >= 0.3 is 0 Å². The second kappa shape index (κ2) is 30.1. The first kappa shape index (κ1) is 58.5. The number of rotatable bonds is 30. The molecule has 2 aromatic carbocycles. The van der Waals surface area contributed by atoms with E-state index in [1.807, 2.05) is 44.2 Å². The van der Waals surface area contributed by atoms with Crippen molar-refractivity contribution in [2.45, 2.75) is 134 Å². The quantitative estimate of drug-likeness (QED) is 0.0216. The summed E-state index contributed by atoms with van der Waals surface area (Å²) in [4.78, 5) is 131. The summed E-state index contributed by atoms with van der Waals surface area (Å²) in [5, 5.41) is 16.2. The molecule has 1 heterocycles. The van der Waals surface area contributed by atoms with Gasteiger partial charge in [0.2, 0.25) is 53.2 Å². The molecule has 0 bridgehead atoms. The highest BCUT2D eigenvalue weighted by Gasteiger charge is 2.40. The third kappa shape index (κ3) is 20.7. The fourth-order valence-corrected chi connectivity index (χ4v) is 7.94. The first-order valence-corrected chi connectivity index (χ1v) is 24.1. The molecule has 0 saturated carbocycles. The first-order chi connectivity index (χ1) is 34.2. The molecule has 3 rings (SSSR count). The first-order valence-electron chi connectivity index (χ1n) is 24.1. The van der Waals surface area contributed by atoms with E-state index >= 15 is 0 Å². The molecule has 1 saturated heterocycles. The monoisotopic (exact) mass is 1000 g/mol. The molecule has 7 atom stereocenters. The summed E-state index contributed by atoms with van der Waals surface area (Å²) in [7, 11) is 0. The van der Waals surface area contributed by atoms with E-state index in [1.165, 1.54) is 4.90 Å². The van der Waals surface area contributed by atoms with Gasteiger partial charge in [-0.2, -0.15) is 0 Å². The fraction of sp³-hybridized carbons (Fsp3) is 0.521. The summed E-state index contributed by atoms with van der Waals surface area (Å²) in [5.41, 5.74) is 34.1. The Kier molecular flexibility index (Phi) is 24.4. The van der Waals surface area contributed by atoms with Gasteiger partial charge in [0.1, 0.15) is 42.3 Å². The lowest BCUT2D eigenvalue weighted by Gasteiger charge is -2.31. The van der Waals surface area contributed by atoms with E-state index in [9.17, 15) is 43.2 Å². The highest BCUT2D eigenvalue weighted by atomic mass is 16.2. The Hall–Kier alpha value is -7.79. The predicted octanol–water partition coefficient (Wildman–Crippen LogP) is -2.70. The molecule has 18 N–H and O–H groups in total. The summed E-state index contributed by atoms with van der Waals surface area (Å²) < 4.78 is 0. The number of amides is 9. The van der Waals surface area contributed by atoms with E-state index in [1.54, 1.807) is 37.3 Å². The van der Waals surface area contributed by atoms with E-state index in [0.29, 0.717) is 12.0 Å². The summed E-state index contributed by atoms with van der Waals surface area (Å²) in [6.07, 6.45) is 0.669. The van der Waals surface area contributed by atoms with Gasteiger partial charge in [0.15, 0.2) is 11.9 Å². The van der Waals surface area contributed by atoms with Crippen LogP contribution in [0.3, 0.4) is 0 Å². The number of benzene rings is 2. The zero-order valence-electron chi connectivity index (χ0n) is 41.3. The van der Waals surface area contributed by atoms with Crippen LogP contribution in [0.2, 0.25) is 0 Å². The Bertz CT molecular complexity index is 2220. The maximum atomic E-state index is 14.7. The van der Waals surface area contributed by atoms with E-state index < -0.39 is 96.0 Å². The molecule has 0 radical (unpaired) electrons. The Labute approximate surface area is 419 Å². The summed E-state index contributed by atoms with van der Waals surface area (Å²) in [5.74, 6) is -7.10. The molecule has 1 aliphatic rings. The van der Waals surface area contributed by atoms with Crippen LogP contribution in [0.5, 0.6) is 0 Å². The molecule has 0 unspecified atom stereocenters. The van der Waals surface area contributed by atoms with Crippen LogP contribution in [-0.2, 0) is 56.0 Å². The predicted molar refractivity (Wildman–Crippen MR) is 269 cm³/mol. The molecule has 394 valence electrons. The highest BCUT2D eigenvalue weighted by Crippen LogP contribution is 2.21. The summed E-state index contributed by atoms with van der Waals surface area (Å²) >= 11 is 0. The Morgan fingerprint density at radius 2 is 1.06 bits per heavy atom. The van der Waals surface area contributed by atoms with Crippen molar-refractivity contribution in [1.29, 1.82) is 0 Å². The lowest BCUT2D eigenvalue weighted by Crippen LogP contribution is -2.60. The van der Waals surface area contributed by atoms with E-state index in [-0.39, 0.29) is 101 Å². The topological polar surface area (TPSA) is 410 Å². The normalized spacial score (nSPS) is 15.5. The molecule has 0 aliphatic carbocycles. The summed E-state index contributed by atoms with van der Waals surface area (Å²) in [6, 6.07) is 9.22. The van der Waals surface area contributed by atoms with Crippen molar-refractivity contribution in [2.75, 3.05) is 19.6 Å². The second-order valence-corrected chi connectivity index (χ2v) is 17.9. The SMILES string of the molecule is CCC(=O)N[C@@H](Cc1ccccc1)C(=O)N[C@@H](CC(C)C)C(=O)N[C@@H](Cc1ccccc1)C(=O)N[C@@H](CCCN=C(N)N)C(=O)N1CCC[C@H]1C(=O)N[C@@H](CCCN=C(N)N)C(=O)N[C@@H](CC(N)=O)C(N)=O. The van der Waals surface area contributed by atoms with Gasteiger partial charge in [-0.1, -0.05) is 81.4 Å². The number of nitrogens with two attached hydrogens (primary N) is 6. The van der Waals surface area contributed by atoms with Crippen molar-refractivity contribution >= 4 is 65.1 Å². The molecule has 1 aliphatic heterocycles. The van der Waals surface area contributed by atoms with Crippen LogP contribution in [0.4, 0.5) is 0 Å². The number of primary amides is 2. The number of carbonyl (C=O) groups excluding carboxylic acids is 9. The number of nitrogens with one attached hydrogen (secondary N) is 6. The Balaban J connectivity index is 1.94. The van der Waals surface area contributed by atoms with Gasteiger partial charge in [0.05, 0.1) is 6.42 Å². The molecular formula is C48H73N15O9. The van der Waals surface area contributed by atoms with Crippen molar-refractivity contribution < 1.29 is 43.2 Å². The van der Waals surface area contributed by atoms with Crippen LogP contribution in [-0.4, -0.2) is 132 Å². The molecule has 0 spiro atoms. The zero-order valence-corrected chi connectivity index (χ0v) is 41.3. The number of aliphatic imine (C=N–C) groups is 2. The largest absolute Gasteiger partial charge is 0.370 e. The maximum Gasteiger partial charge on any atom is 0.245 e. The standard InChI is InChI=1S/C48H73N15O9/c1-4-39(65)57-35(25-29-14-7-5-8-15-29)43(69)61-34(24-28(2)3)42(68)62-36(26-30-16-9-6-10-17-30)44(70)59-32(19-12-22-56-48(53)54)46(72)63-23-13-20-37(63)45(71)58-31(18-11-21-55-47(51)52)41(67)60-33(40(50)66)27-38(49)64/h5-10,14-17,28,31-37H,4,11-13,18-27H2,1-3H3,(H2,49,64)(H2,50,66)(H,57,65)(H,58,71)(H,59,70)(H,60,67)(H,61,69)(H,62,68)(H4,51,52,55)(H4,53,54,56)/t31-,32-,33-,34-,35-,36-,37-/m0/s1. The number of carbonyl (C=O) groups is 9. The Morgan fingerprint density at radius 1 is 0.597 bits per heavy atom. The van der Waals surface area contributed by atoms with Gasteiger partial charge in [-0.05, 0) is 62.0 Å². The fourth-order valence-electron chi connectivity index (χ4n) is 7.94. The van der Waals surface area contributed by atoms with Gasteiger partial charge in [-0.15, -0.1) is 0 Å². The third-order valence-electron chi connectivity index (χ3n) is 11.6. The van der Waals surface area contributed by atoms with Gasteiger partial charge < -0.3 is 71.2 Å². The lowest BCUT2D eigenvalue weighted by atomic mass is 9.99. The minimum Gasteiger partial charge on any atom is -0.370 e. The second-order valence-electron chi connectivity index (χ2n) is 17.9. The van der Waals surface area contributed by atoms with Crippen LogP contribution in [0.25, 0.3) is 0 Å². The molecule has 72 heavy (non-hydrogen) atoms. The van der Waals surface area contributed by atoms with Crippen LogP contribution < -0.4 is 66.3 Å². The minimum atomic E-state index is -1.48. The maximum absolute atomic E-state index is 14.7. The molecule has 2 aromatic rings. The van der Waals surface area contributed by atoms with Crippen molar-refractivity contribution in [1.82, 2.24) is 36.8 Å². The Morgan fingerprint density at radius 3 is 1.54 bits per heavy atom. The third-order valence-corrected chi connectivity index (χ3v) is 11.6. The highest BCUT2D eigenvalue weighted by molar-refractivity contribution is 5.98. The average Bonchev–Trinajstić information content (AvgIpc) is 3.83. The van der Waals surface area contributed by atoms with Crippen LogP contribution in [0, 0.1) is 5.92 Å². The van der Waals surface area contributed by atoms with E-state index in [4.69, 9.17) is 34.4 Å². The molecule has 24 nitrogen and oxygen atoms in total. The molecule has 9 amide bonds. The van der Waals surface area contributed by atoms with Crippen LogP contribution in [0.15, 0.2) is 70.6 Å². The molecular weight excluding hydrogens is 931 g/mol. The number of hydrogen-bond acceptors (Lipinski definition) is 11. The molecule has 0 aromatic heterocycles. The van der Waals surface area contributed by atoms with Gasteiger partial charge in [-0.3, -0.25) is 53.1 Å². The van der Waals surface area contributed by atoms with Crippen molar-refractivity contribution in [3.05, 3.63) is 71.8 Å². The number of likely N-dealkylation sites (tertiary alicyclic amines) is 1. The van der Waals surface area contributed by atoms with E-state index in [0.717, 1.165) is 5.56 Å². The average molecular weight is 1000 g/mol. The number of hydrogen-bond donors (Lipinski definition) is 12. The van der Waals surface area contributed by atoms with Crippen LogP contribution in [0.1, 0.15) is 89.7 Å². The van der Waals surface area contributed by atoms with Crippen molar-refractivity contribution in [2.24, 2.45) is 50.3 Å². The molecule has 1 fully saturated rings. The van der Waals surface area contributed by atoms with Crippen molar-refractivity contribution in [3.8, 4) is 0 Å². The number of guanidine groups is 2. The molecule has 24 heteroatoms. The van der Waals surface area contributed by atoms with Crippen LogP contribution >= 0.6 is 0 Å². The van der Waals surface area contributed by atoms with Crippen molar-refractivity contribution in [3.63, 3.8) is 0 Å². The van der Waals surface area contributed by atoms with Gasteiger partial charge in [0.25, 0.3) is 0 Å². The van der Waals surface area contributed by atoms with E-state index in [2.05, 4.69) is 41.9 Å². The lowest BCUT2D eigenvalue weighted by molar-refractivity contribution is -0.142. The number of nitrogens with zero attached hydrogens (tertiary/aromatic N) is 3. The van der Waals surface area contributed by atoms with Gasteiger partial charge in [0, 0.05) is 38.9 Å². The zero-order chi connectivity index (χ0) is 53.3. The summed E-state index contributed by atoms with van der Waals surface area (Å²) in [6.45, 7) is 5.62.